The number of carboxylic acid groups (broad SMARTS) is 1. The molecule has 1 amide bonds. The summed E-state index contributed by atoms with van der Waals surface area (Å²) in [5.41, 5.74) is 0. The van der Waals surface area contributed by atoms with Crippen LogP contribution in [-0.4, -0.2) is 44.3 Å². The van der Waals surface area contributed by atoms with Gasteiger partial charge in [0.1, 0.15) is 6.04 Å². The Morgan fingerprint density at radius 3 is 2.62 bits per heavy atom. The van der Waals surface area contributed by atoms with Crippen molar-refractivity contribution < 1.29 is 14.7 Å². The Labute approximate surface area is 105 Å². The van der Waals surface area contributed by atoms with E-state index in [1.165, 1.54) is 16.7 Å². The van der Waals surface area contributed by atoms with Crippen LogP contribution in [0.5, 0.6) is 0 Å². The van der Waals surface area contributed by atoms with Gasteiger partial charge in [0.2, 0.25) is 5.91 Å². The second-order valence-electron chi connectivity index (χ2n) is 4.40. The number of hydrogen-bond donors (Lipinski definition) is 2. The van der Waals surface area contributed by atoms with Gasteiger partial charge in [-0.1, -0.05) is 6.92 Å². The van der Waals surface area contributed by atoms with Crippen molar-refractivity contribution in [1.82, 2.24) is 4.90 Å². The Balaban J connectivity index is 2.95. The first-order valence-electron chi connectivity index (χ1n) is 5.12. The van der Waals surface area contributed by atoms with E-state index in [4.69, 9.17) is 5.11 Å². The van der Waals surface area contributed by atoms with Crippen molar-refractivity contribution in [3.05, 3.63) is 0 Å². The molecule has 1 aliphatic rings. The van der Waals surface area contributed by atoms with Crippen LogP contribution in [-0.2, 0) is 9.59 Å². The van der Waals surface area contributed by atoms with Gasteiger partial charge in [0.15, 0.2) is 0 Å². The molecular formula is C10H17NO3S2. The lowest BCUT2D eigenvalue weighted by atomic mass is 10.1. The fourth-order valence-corrected chi connectivity index (χ4v) is 3.09. The van der Waals surface area contributed by atoms with Crippen LogP contribution in [0.15, 0.2) is 0 Å². The van der Waals surface area contributed by atoms with E-state index < -0.39 is 16.9 Å². The highest BCUT2D eigenvalue weighted by molar-refractivity contribution is 8.00. The van der Waals surface area contributed by atoms with Crippen LogP contribution in [0, 0.1) is 5.92 Å². The molecule has 92 valence electrons. The number of carbonyl (C=O) groups is 2. The molecule has 1 fully saturated rings. The molecule has 1 rings (SSSR count). The smallest absolute Gasteiger partial charge is 0.327 e. The highest BCUT2D eigenvalue weighted by atomic mass is 32.2. The number of aliphatic carboxylic acids is 1. The SMILES string of the molecule is CC(CS)C(=O)N1C(C(=O)O)CSC1(C)C. The van der Waals surface area contributed by atoms with Crippen molar-refractivity contribution in [2.75, 3.05) is 11.5 Å². The van der Waals surface area contributed by atoms with E-state index in [0.717, 1.165) is 0 Å². The van der Waals surface area contributed by atoms with Gasteiger partial charge in [0.25, 0.3) is 0 Å². The molecule has 0 aliphatic carbocycles. The van der Waals surface area contributed by atoms with Crippen LogP contribution in [0.4, 0.5) is 0 Å². The third-order valence-corrected chi connectivity index (χ3v) is 4.64. The van der Waals surface area contributed by atoms with Gasteiger partial charge in [-0.25, -0.2) is 4.79 Å². The van der Waals surface area contributed by atoms with Gasteiger partial charge in [-0.2, -0.15) is 12.6 Å². The van der Waals surface area contributed by atoms with Gasteiger partial charge < -0.3 is 10.0 Å². The monoisotopic (exact) mass is 263 g/mol. The number of nitrogens with zero attached hydrogens (tertiary/aromatic N) is 1. The number of thiol groups is 1. The summed E-state index contributed by atoms with van der Waals surface area (Å²) in [6.07, 6.45) is 0. The first-order chi connectivity index (χ1) is 7.31. The zero-order chi connectivity index (χ0) is 12.5. The van der Waals surface area contributed by atoms with Crippen LogP contribution in [0.25, 0.3) is 0 Å². The number of carboxylic acids is 1. The average molecular weight is 263 g/mol. The van der Waals surface area contributed by atoms with E-state index in [9.17, 15) is 9.59 Å². The molecule has 0 spiro atoms. The highest BCUT2D eigenvalue weighted by Gasteiger charge is 2.47. The fourth-order valence-electron chi connectivity index (χ4n) is 1.72. The summed E-state index contributed by atoms with van der Waals surface area (Å²) < 4.78 is 0. The highest BCUT2D eigenvalue weighted by Crippen LogP contribution is 2.39. The number of carbonyl (C=O) groups excluding carboxylic acids is 1. The molecule has 4 nitrogen and oxygen atoms in total. The van der Waals surface area contributed by atoms with Gasteiger partial charge >= 0.3 is 5.97 Å². The molecule has 1 aliphatic heterocycles. The molecule has 16 heavy (non-hydrogen) atoms. The summed E-state index contributed by atoms with van der Waals surface area (Å²) in [7, 11) is 0. The third-order valence-electron chi connectivity index (χ3n) is 2.70. The molecule has 6 heteroatoms. The lowest BCUT2D eigenvalue weighted by Crippen LogP contribution is -2.51. The molecule has 0 bridgehead atoms. The largest absolute Gasteiger partial charge is 0.480 e. The quantitative estimate of drug-likeness (QED) is 0.754. The van der Waals surface area contributed by atoms with Crippen molar-refractivity contribution in [3.63, 3.8) is 0 Å². The lowest BCUT2D eigenvalue weighted by Gasteiger charge is -2.34. The zero-order valence-electron chi connectivity index (χ0n) is 9.64. The van der Waals surface area contributed by atoms with E-state index in [2.05, 4.69) is 12.6 Å². The topological polar surface area (TPSA) is 57.6 Å². The summed E-state index contributed by atoms with van der Waals surface area (Å²) in [6, 6.07) is -0.713. The van der Waals surface area contributed by atoms with Crippen LogP contribution in [0.2, 0.25) is 0 Å². The number of rotatable bonds is 3. The van der Waals surface area contributed by atoms with Gasteiger partial charge in [-0.05, 0) is 13.8 Å². The summed E-state index contributed by atoms with van der Waals surface area (Å²) in [6.45, 7) is 5.53. The van der Waals surface area contributed by atoms with E-state index >= 15 is 0 Å². The maximum absolute atomic E-state index is 12.1. The van der Waals surface area contributed by atoms with Crippen LogP contribution >= 0.6 is 24.4 Å². The number of hydrogen-bond acceptors (Lipinski definition) is 4. The molecule has 1 heterocycles. The predicted octanol–water partition coefficient (Wildman–Crippen LogP) is 1.32. The summed E-state index contributed by atoms with van der Waals surface area (Å²) in [5.74, 6) is -0.422. The van der Waals surface area contributed by atoms with Crippen molar-refractivity contribution in [2.45, 2.75) is 31.7 Å². The van der Waals surface area contributed by atoms with E-state index in [1.807, 2.05) is 13.8 Å². The Kier molecular flexibility index (Phi) is 4.17. The molecule has 2 unspecified atom stereocenters. The van der Waals surface area contributed by atoms with Crippen molar-refractivity contribution in [1.29, 1.82) is 0 Å². The van der Waals surface area contributed by atoms with Gasteiger partial charge in [-0.3, -0.25) is 4.79 Å². The van der Waals surface area contributed by atoms with E-state index in [0.29, 0.717) is 11.5 Å². The molecule has 2 atom stereocenters. The first kappa shape index (κ1) is 13.7. The molecule has 0 aromatic carbocycles. The molecule has 0 radical (unpaired) electrons. The normalized spacial score (nSPS) is 25.5. The minimum atomic E-state index is -0.933. The second-order valence-corrected chi connectivity index (χ2v) is 6.39. The number of amides is 1. The van der Waals surface area contributed by atoms with Gasteiger partial charge in [-0.15, -0.1) is 11.8 Å². The third kappa shape index (κ3) is 2.48. The molecule has 0 aromatic rings. The van der Waals surface area contributed by atoms with Crippen LogP contribution < -0.4 is 0 Å². The molecule has 0 aromatic heterocycles. The van der Waals surface area contributed by atoms with Gasteiger partial charge in [0.05, 0.1) is 4.87 Å². The molecule has 0 saturated carbocycles. The van der Waals surface area contributed by atoms with Crippen molar-refractivity contribution in [2.24, 2.45) is 5.92 Å². The predicted molar refractivity (Wildman–Crippen MR) is 67.8 cm³/mol. The molecule has 1 saturated heterocycles. The zero-order valence-corrected chi connectivity index (χ0v) is 11.3. The fraction of sp³-hybridized carbons (Fsp3) is 0.800. The Morgan fingerprint density at radius 2 is 2.19 bits per heavy atom. The summed E-state index contributed by atoms with van der Waals surface area (Å²) >= 11 is 5.58. The Bertz CT molecular complexity index is 306. The van der Waals surface area contributed by atoms with Crippen LogP contribution in [0.3, 0.4) is 0 Å². The maximum atomic E-state index is 12.1. The Hall–Kier alpha value is -0.360. The molecule has 1 N–H and O–H groups in total. The second kappa shape index (κ2) is 4.87. The maximum Gasteiger partial charge on any atom is 0.327 e. The van der Waals surface area contributed by atoms with Crippen LogP contribution in [0.1, 0.15) is 20.8 Å². The molecular weight excluding hydrogens is 246 g/mol. The number of thioether (sulfide) groups is 1. The van der Waals surface area contributed by atoms with Crippen molar-refractivity contribution in [3.8, 4) is 0 Å². The minimum Gasteiger partial charge on any atom is -0.480 e. The van der Waals surface area contributed by atoms with E-state index in [1.54, 1.807) is 6.92 Å². The Morgan fingerprint density at radius 1 is 1.62 bits per heavy atom. The summed E-state index contributed by atoms with van der Waals surface area (Å²) in [4.78, 5) is 24.2. The van der Waals surface area contributed by atoms with E-state index in [-0.39, 0.29) is 11.8 Å². The summed E-state index contributed by atoms with van der Waals surface area (Å²) in [5, 5.41) is 9.09. The minimum absolute atomic E-state index is 0.127. The standard InChI is InChI=1S/C10H17NO3S2/c1-6(4-15)8(12)11-7(9(13)14)5-16-10(11,2)3/h6-7,15H,4-5H2,1-3H3,(H,13,14). The van der Waals surface area contributed by atoms with Gasteiger partial charge in [0, 0.05) is 17.4 Å². The average Bonchev–Trinajstić information content (AvgIpc) is 2.51. The van der Waals surface area contributed by atoms with Crippen molar-refractivity contribution >= 4 is 36.3 Å². The first-order valence-corrected chi connectivity index (χ1v) is 6.74. The lowest BCUT2D eigenvalue weighted by molar-refractivity contribution is -0.152.